The quantitative estimate of drug-likeness (QED) is 0.879. The lowest BCUT2D eigenvalue weighted by molar-refractivity contribution is 0.221. The van der Waals surface area contributed by atoms with Crippen molar-refractivity contribution in [2.45, 2.75) is 51.0 Å². The van der Waals surface area contributed by atoms with E-state index in [1.54, 1.807) is 0 Å². The number of furan rings is 1. The Morgan fingerprint density at radius 3 is 2.81 bits per heavy atom. The van der Waals surface area contributed by atoms with E-state index in [4.69, 9.17) is 4.42 Å². The van der Waals surface area contributed by atoms with Crippen molar-refractivity contribution in [1.29, 1.82) is 0 Å². The lowest BCUT2D eigenvalue weighted by Gasteiger charge is -2.34. The van der Waals surface area contributed by atoms with Crippen molar-refractivity contribution in [3.05, 3.63) is 36.1 Å². The van der Waals surface area contributed by atoms with Crippen LogP contribution in [0.25, 0.3) is 11.0 Å². The molecule has 0 saturated heterocycles. The van der Waals surface area contributed by atoms with E-state index in [0.29, 0.717) is 5.92 Å². The van der Waals surface area contributed by atoms with Crippen molar-refractivity contribution in [3.8, 4) is 0 Å². The smallest absolute Gasteiger partial charge is 0.134 e. The standard InChI is InChI=1S/C19H25NO/c1-13-6-7-15(12-20-16-8-9-16)17(10-13)19-11-14-4-2-3-5-18(14)21-19/h2-5,11,13,15-17,20H,6-10,12H2,1H3. The first kappa shape index (κ1) is 13.4. The zero-order chi connectivity index (χ0) is 14.2. The Balaban J connectivity index is 1.57. The maximum Gasteiger partial charge on any atom is 0.134 e. The maximum absolute atomic E-state index is 6.18. The van der Waals surface area contributed by atoms with Crippen LogP contribution >= 0.6 is 0 Å². The van der Waals surface area contributed by atoms with Crippen LogP contribution < -0.4 is 5.32 Å². The van der Waals surface area contributed by atoms with E-state index in [0.717, 1.165) is 23.5 Å². The normalized spacial score (nSPS) is 29.9. The molecule has 1 aromatic heterocycles. The minimum Gasteiger partial charge on any atom is -0.461 e. The van der Waals surface area contributed by atoms with Crippen LogP contribution in [-0.4, -0.2) is 12.6 Å². The van der Waals surface area contributed by atoms with Gasteiger partial charge in [-0.1, -0.05) is 31.5 Å². The molecule has 2 aromatic rings. The molecule has 112 valence electrons. The minimum atomic E-state index is 0.590. The summed E-state index contributed by atoms with van der Waals surface area (Å²) in [7, 11) is 0. The van der Waals surface area contributed by atoms with E-state index >= 15 is 0 Å². The first-order chi connectivity index (χ1) is 10.3. The van der Waals surface area contributed by atoms with Crippen LogP contribution in [0.2, 0.25) is 0 Å². The summed E-state index contributed by atoms with van der Waals surface area (Å²) in [5.41, 5.74) is 1.04. The Bertz CT molecular complexity index is 580. The molecule has 3 unspecified atom stereocenters. The number of fused-ring (bicyclic) bond motifs is 1. The first-order valence-corrected chi connectivity index (χ1v) is 8.51. The second-order valence-electron chi connectivity index (χ2n) is 7.15. The topological polar surface area (TPSA) is 25.2 Å². The molecule has 1 heterocycles. The van der Waals surface area contributed by atoms with Crippen LogP contribution in [0, 0.1) is 11.8 Å². The van der Waals surface area contributed by atoms with Crippen LogP contribution in [0.1, 0.15) is 50.7 Å². The zero-order valence-corrected chi connectivity index (χ0v) is 12.8. The Labute approximate surface area is 126 Å². The molecule has 2 fully saturated rings. The molecule has 0 spiro atoms. The fourth-order valence-electron chi connectivity index (χ4n) is 3.83. The molecule has 2 heteroatoms. The molecule has 2 nitrogen and oxygen atoms in total. The van der Waals surface area contributed by atoms with E-state index in [1.807, 2.05) is 0 Å². The van der Waals surface area contributed by atoms with Crippen molar-refractivity contribution in [2.24, 2.45) is 11.8 Å². The van der Waals surface area contributed by atoms with Crippen molar-refractivity contribution in [3.63, 3.8) is 0 Å². The molecule has 2 aliphatic carbocycles. The zero-order valence-electron chi connectivity index (χ0n) is 12.8. The molecule has 1 aromatic carbocycles. The third-order valence-corrected chi connectivity index (χ3v) is 5.31. The van der Waals surface area contributed by atoms with Crippen LogP contribution in [0.4, 0.5) is 0 Å². The molecule has 0 radical (unpaired) electrons. The molecule has 21 heavy (non-hydrogen) atoms. The number of nitrogens with one attached hydrogen (secondary N) is 1. The van der Waals surface area contributed by atoms with Gasteiger partial charge in [0.2, 0.25) is 0 Å². The largest absolute Gasteiger partial charge is 0.461 e. The second kappa shape index (κ2) is 5.49. The first-order valence-electron chi connectivity index (χ1n) is 8.51. The highest BCUT2D eigenvalue weighted by atomic mass is 16.3. The molecule has 2 aliphatic rings. The third kappa shape index (κ3) is 2.87. The molecule has 3 atom stereocenters. The number of hydrogen-bond acceptors (Lipinski definition) is 2. The molecule has 1 N–H and O–H groups in total. The van der Waals surface area contributed by atoms with Gasteiger partial charge in [-0.05, 0) is 56.2 Å². The van der Waals surface area contributed by atoms with Gasteiger partial charge in [0.05, 0.1) is 0 Å². The Kier molecular flexibility index (Phi) is 3.50. The summed E-state index contributed by atoms with van der Waals surface area (Å²) in [4.78, 5) is 0. The van der Waals surface area contributed by atoms with E-state index in [9.17, 15) is 0 Å². The molecule has 4 rings (SSSR count). The number of rotatable bonds is 4. The highest BCUT2D eigenvalue weighted by molar-refractivity contribution is 5.77. The molecule has 0 amide bonds. The summed E-state index contributed by atoms with van der Waals surface area (Å²) in [6.45, 7) is 3.55. The average Bonchev–Trinajstić information content (AvgIpc) is 3.22. The van der Waals surface area contributed by atoms with Crippen molar-refractivity contribution in [1.82, 2.24) is 5.32 Å². The Morgan fingerprint density at radius 2 is 2.00 bits per heavy atom. The van der Waals surface area contributed by atoms with Gasteiger partial charge in [-0.3, -0.25) is 0 Å². The van der Waals surface area contributed by atoms with Gasteiger partial charge < -0.3 is 9.73 Å². The second-order valence-corrected chi connectivity index (χ2v) is 7.15. The van der Waals surface area contributed by atoms with Gasteiger partial charge in [-0.2, -0.15) is 0 Å². The Hall–Kier alpha value is -1.28. The minimum absolute atomic E-state index is 0.590. The van der Waals surface area contributed by atoms with Gasteiger partial charge in [0, 0.05) is 17.3 Å². The fraction of sp³-hybridized carbons (Fsp3) is 0.579. The summed E-state index contributed by atoms with van der Waals surface area (Å²) in [5, 5.41) is 4.98. The Morgan fingerprint density at radius 1 is 1.14 bits per heavy atom. The van der Waals surface area contributed by atoms with Crippen LogP contribution in [0.3, 0.4) is 0 Å². The van der Waals surface area contributed by atoms with E-state index in [2.05, 4.69) is 42.6 Å². The van der Waals surface area contributed by atoms with Crippen LogP contribution in [0.5, 0.6) is 0 Å². The monoisotopic (exact) mass is 283 g/mol. The highest BCUT2D eigenvalue weighted by Crippen LogP contribution is 2.42. The predicted molar refractivity (Wildman–Crippen MR) is 86.5 cm³/mol. The van der Waals surface area contributed by atoms with Crippen LogP contribution in [0.15, 0.2) is 34.7 Å². The van der Waals surface area contributed by atoms with Gasteiger partial charge in [0.1, 0.15) is 11.3 Å². The molecule has 0 bridgehead atoms. The fourth-order valence-corrected chi connectivity index (χ4v) is 3.83. The summed E-state index contributed by atoms with van der Waals surface area (Å²) < 4.78 is 6.18. The molecular weight excluding hydrogens is 258 g/mol. The van der Waals surface area contributed by atoms with Crippen molar-refractivity contribution in [2.75, 3.05) is 6.54 Å². The van der Waals surface area contributed by atoms with E-state index in [-0.39, 0.29) is 0 Å². The summed E-state index contributed by atoms with van der Waals surface area (Å²) >= 11 is 0. The van der Waals surface area contributed by atoms with Crippen molar-refractivity contribution >= 4 is 11.0 Å². The van der Waals surface area contributed by atoms with Gasteiger partial charge in [0.15, 0.2) is 0 Å². The molecular formula is C19H25NO. The lowest BCUT2D eigenvalue weighted by Crippen LogP contribution is -2.32. The molecule has 0 aliphatic heterocycles. The van der Waals surface area contributed by atoms with Crippen molar-refractivity contribution < 1.29 is 4.42 Å². The number of hydrogen-bond donors (Lipinski definition) is 1. The summed E-state index contributed by atoms with van der Waals surface area (Å²) in [6, 6.07) is 11.5. The maximum atomic E-state index is 6.18. The molecule has 2 saturated carbocycles. The highest BCUT2D eigenvalue weighted by Gasteiger charge is 2.33. The summed E-state index contributed by atoms with van der Waals surface area (Å²) in [6.07, 6.45) is 6.73. The SMILES string of the molecule is CC1CCC(CNC2CC2)C(c2cc3ccccc3o2)C1. The van der Waals surface area contributed by atoms with Gasteiger partial charge in [-0.15, -0.1) is 0 Å². The predicted octanol–water partition coefficient (Wildman–Crippen LogP) is 4.70. The van der Waals surface area contributed by atoms with Gasteiger partial charge in [0.25, 0.3) is 0 Å². The van der Waals surface area contributed by atoms with Gasteiger partial charge in [-0.25, -0.2) is 0 Å². The number of para-hydroxylation sites is 1. The lowest BCUT2D eigenvalue weighted by atomic mass is 9.73. The average molecular weight is 283 g/mol. The van der Waals surface area contributed by atoms with Crippen LogP contribution in [-0.2, 0) is 0 Å². The van der Waals surface area contributed by atoms with E-state index in [1.165, 1.54) is 49.8 Å². The number of benzene rings is 1. The van der Waals surface area contributed by atoms with E-state index < -0.39 is 0 Å². The van der Waals surface area contributed by atoms with Gasteiger partial charge >= 0.3 is 0 Å². The third-order valence-electron chi connectivity index (χ3n) is 5.31. The summed E-state index contributed by atoms with van der Waals surface area (Å²) in [5.74, 6) is 3.36.